The molecule has 0 radical (unpaired) electrons. The van der Waals surface area contributed by atoms with Crippen LogP contribution in [0.15, 0.2) is 24.3 Å². The van der Waals surface area contributed by atoms with Gasteiger partial charge in [0.1, 0.15) is 0 Å². The average Bonchev–Trinajstić information content (AvgIpc) is 2.34. The molecule has 1 aromatic carbocycles. The van der Waals surface area contributed by atoms with Gasteiger partial charge in [-0.3, -0.25) is 4.21 Å². The first-order chi connectivity index (χ1) is 8.13. The first-order valence-corrected chi connectivity index (χ1v) is 7.00. The number of aromatic carboxylic acids is 1. The maximum absolute atomic E-state index is 11.2. The van der Waals surface area contributed by atoms with Crippen molar-refractivity contribution in [2.24, 2.45) is 0 Å². The lowest BCUT2D eigenvalue weighted by atomic mass is 10.1. The van der Waals surface area contributed by atoms with Gasteiger partial charge in [-0.1, -0.05) is 19.1 Å². The third-order valence-electron chi connectivity index (χ3n) is 2.33. The lowest BCUT2D eigenvalue weighted by molar-refractivity contribution is 0.0696. The van der Waals surface area contributed by atoms with Gasteiger partial charge in [-0.05, 0) is 17.7 Å². The van der Waals surface area contributed by atoms with E-state index in [1.807, 2.05) is 13.0 Å². The van der Waals surface area contributed by atoms with Crippen molar-refractivity contribution in [1.29, 1.82) is 0 Å². The SMILES string of the molecule is CCS(=O)CCNCc1cccc(C(=O)O)c1. The highest BCUT2D eigenvalue weighted by molar-refractivity contribution is 7.84. The molecule has 0 aliphatic carbocycles. The van der Waals surface area contributed by atoms with E-state index in [4.69, 9.17) is 5.11 Å². The van der Waals surface area contributed by atoms with Crippen LogP contribution in [0.25, 0.3) is 0 Å². The summed E-state index contributed by atoms with van der Waals surface area (Å²) in [5.41, 5.74) is 1.22. The molecule has 2 N–H and O–H groups in total. The minimum absolute atomic E-state index is 0.293. The van der Waals surface area contributed by atoms with E-state index in [1.165, 1.54) is 0 Å². The Kier molecular flexibility index (Phi) is 5.86. The Morgan fingerprint density at radius 3 is 2.88 bits per heavy atom. The number of rotatable bonds is 7. The van der Waals surface area contributed by atoms with Gasteiger partial charge in [-0.25, -0.2) is 4.79 Å². The molecule has 0 amide bonds. The van der Waals surface area contributed by atoms with E-state index in [1.54, 1.807) is 18.2 Å². The Morgan fingerprint density at radius 2 is 2.24 bits per heavy atom. The average molecular weight is 255 g/mol. The zero-order valence-electron chi connectivity index (χ0n) is 9.81. The summed E-state index contributed by atoms with van der Waals surface area (Å²) in [6.45, 7) is 3.17. The third-order valence-corrected chi connectivity index (χ3v) is 3.63. The predicted molar refractivity (Wildman–Crippen MR) is 68.7 cm³/mol. The highest BCUT2D eigenvalue weighted by Gasteiger charge is 2.02. The second kappa shape index (κ2) is 7.19. The van der Waals surface area contributed by atoms with E-state index in [2.05, 4.69) is 5.32 Å². The van der Waals surface area contributed by atoms with Crippen molar-refractivity contribution in [3.05, 3.63) is 35.4 Å². The summed E-state index contributed by atoms with van der Waals surface area (Å²) in [4.78, 5) is 10.8. The quantitative estimate of drug-likeness (QED) is 0.719. The van der Waals surface area contributed by atoms with Crippen LogP contribution < -0.4 is 5.32 Å². The van der Waals surface area contributed by atoms with Crippen LogP contribution in [-0.2, 0) is 17.3 Å². The standard InChI is InChI=1S/C12H17NO3S/c1-2-17(16)7-6-13-9-10-4-3-5-11(8-10)12(14)15/h3-5,8,13H,2,6-7,9H2,1H3,(H,14,15). The highest BCUT2D eigenvalue weighted by atomic mass is 32.2. The molecule has 1 rings (SSSR count). The molecule has 1 atom stereocenters. The fourth-order valence-corrected chi connectivity index (χ4v) is 2.04. The van der Waals surface area contributed by atoms with E-state index in [0.29, 0.717) is 30.2 Å². The summed E-state index contributed by atoms with van der Waals surface area (Å²) < 4.78 is 11.2. The second-order valence-electron chi connectivity index (χ2n) is 3.61. The normalized spacial score (nSPS) is 12.3. The lowest BCUT2D eigenvalue weighted by Crippen LogP contribution is -2.20. The van der Waals surface area contributed by atoms with Gasteiger partial charge in [-0.15, -0.1) is 0 Å². The first kappa shape index (κ1) is 13.9. The van der Waals surface area contributed by atoms with Crippen LogP contribution >= 0.6 is 0 Å². The lowest BCUT2D eigenvalue weighted by Gasteiger charge is -2.05. The molecule has 4 nitrogen and oxygen atoms in total. The number of hydrogen-bond donors (Lipinski definition) is 2. The smallest absolute Gasteiger partial charge is 0.335 e. The molecule has 94 valence electrons. The fraction of sp³-hybridized carbons (Fsp3) is 0.417. The van der Waals surface area contributed by atoms with Crippen molar-refractivity contribution in [2.45, 2.75) is 13.5 Å². The summed E-state index contributed by atoms with van der Waals surface area (Å²) in [5.74, 6) is 0.393. The van der Waals surface area contributed by atoms with E-state index >= 15 is 0 Å². The minimum atomic E-state index is -0.918. The molecule has 5 heteroatoms. The van der Waals surface area contributed by atoms with Gasteiger partial charge >= 0.3 is 5.97 Å². The summed E-state index contributed by atoms with van der Waals surface area (Å²) in [5, 5.41) is 12.0. The zero-order chi connectivity index (χ0) is 12.7. The van der Waals surface area contributed by atoms with E-state index in [0.717, 1.165) is 5.56 Å². The third kappa shape index (κ3) is 5.10. The largest absolute Gasteiger partial charge is 0.478 e. The molecule has 1 unspecified atom stereocenters. The van der Waals surface area contributed by atoms with Crippen LogP contribution in [0.2, 0.25) is 0 Å². The summed E-state index contributed by atoms with van der Waals surface area (Å²) >= 11 is 0. The van der Waals surface area contributed by atoms with Gasteiger partial charge in [-0.2, -0.15) is 0 Å². The molecule has 0 spiro atoms. The van der Waals surface area contributed by atoms with Crippen molar-refractivity contribution >= 4 is 16.8 Å². The van der Waals surface area contributed by atoms with Crippen molar-refractivity contribution in [1.82, 2.24) is 5.32 Å². The van der Waals surface area contributed by atoms with Crippen molar-refractivity contribution in [3.63, 3.8) is 0 Å². The molecule has 0 aliphatic rings. The van der Waals surface area contributed by atoms with E-state index in [-0.39, 0.29) is 0 Å². The Hall–Kier alpha value is -1.20. The van der Waals surface area contributed by atoms with Gasteiger partial charge in [0.05, 0.1) is 5.56 Å². The van der Waals surface area contributed by atoms with Crippen LogP contribution in [0.4, 0.5) is 0 Å². The fourth-order valence-electron chi connectivity index (χ4n) is 1.38. The maximum atomic E-state index is 11.2. The number of carboxylic acid groups (broad SMARTS) is 1. The first-order valence-electron chi connectivity index (χ1n) is 5.51. The molecule has 0 heterocycles. The number of hydrogen-bond acceptors (Lipinski definition) is 3. The zero-order valence-corrected chi connectivity index (χ0v) is 10.6. The van der Waals surface area contributed by atoms with Crippen LogP contribution in [0, 0.1) is 0 Å². The second-order valence-corrected chi connectivity index (χ2v) is 5.48. The molecule has 1 aromatic rings. The Morgan fingerprint density at radius 1 is 1.47 bits per heavy atom. The maximum Gasteiger partial charge on any atom is 0.335 e. The summed E-state index contributed by atoms with van der Waals surface area (Å²) in [6.07, 6.45) is 0. The Bertz CT molecular complexity index is 406. The van der Waals surface area contributed by atoms with Crippen molar-refractivity contribution in [3.8, 4) is 0 Å². The van der Waals surface area contributed by atoms with E-state index in [9.17, 15) is 9.00 Å². The Balaban J connectivity index is 2.39. The van der Waals surface area contributed by atoms with Crippen LogP contribution in [-0.4, -0.2) is 33.3 Å². The highest BCUT2D eigenvalue weighted by Crippen LogP contribution is 2.04. The van der Waals surface area contributed by atoms with Crippen molar-refractivity contribution < 1.29 is 14.1 Å². The molecule has 17 heavy (non-hydrogen) atoms. The monoisotopic (exact) mass is 255 g/mol. The van der Waals surface area contributed by atoms with Crippen LogP contribution in [0.5, 0.6) is 0 Å². The summed E-state index contributed by atoms with van der Waals surface area (Å²) in [7, 11) is -0.753. The number of carboxylic acids is 1. The molecule has 0 aliphatic heterocycles. The van der Waals surface area contributed by atoms with Crippen LogP contribution in [0.3, 0.4) is 0 Å². The minimum Gasteiger partial charge on any atom is -0.478 e. The summed E-state index contributed by atoms with van der Waals surface area (Å²) in [6, 6.07) is 6.81. The molecule has 0 aromatic heterocycles. The number of benzene rings is 1. The van der Waals surface area contributed by atoms with Gasteiger partial charge in [0, 0.05) is 35.4 Å². The predicted octanol–water partition coefficient (Wildman–Crippen LogP) is 1.24. The number of nitrogens with one attached hydrogen (secondary N) is 1. The molecule has 0 bridgehead atoms. The van der Waals surface area contributed by atoms with Crippen LogP contribution in [0.1, 0.15) is 22.8 Å². The number of carbonyl (C=O) groups is 1. The molecule has 0 saturated heterocycles. The van der Waals surface area contributed by atoms with E-state index < -0.39 is 16.8 Å². The molecule has 0 fully saturated rings. The molecular formula is C12H17NO3S. The molecular weight excluding hydrogens is 238 g/mol. The van der Waals surface area contributed by atoms with Crippen molar-refractivity contribution in [2.75, 3.05) is 18.1 Å². The molecule has 0 saturated carbocycles. The van der Waals surface area contributed by atoms with Gasteiger partial charge < -0.3 is 10.4 Å². The van der Waals surface area contributed by atoms with Gasteiger partial charge in [0.25, 0.3) is 0 Å². The van der Waals surface area contributed by atoms with Gasteiger partial charge in [0.15, 0.2) is 0 Å². The Labute approximate surface area is 104 Å². The van der Waals surface area contributed by atoms with Gasteiger partial charge in [0.2, 0.25) is 0 Å². The topological polar surface area (TPSA) is 66.4 Å².